The number of unbranched alkanes of at least 4 members (excludes halogenated alkanes) is 1. The Morgan fingerprint density at radius 1 is 1.39 bits per heavy atom. The number of nitrogens with zero attached hydrogens (tertiary/aromatic N) is 3. The van der Waals surface area contributed by atoms with E-state index in [9.17, 15) is 0 Å². The van der Waals surface area contributed by atoms with E-state index in [-0.39, 0.29) is 6.17 Å². The first kappa shape index (κ1) is 14.2. The van der Waals surface area contributed by atoms with Crippen LogP contribution in [0.4, 0.5) is 0 Å². The first-order chi connectivity index (χ1) is 8.67. The molecule has 96 valence electrons. The molecule has 1 rings (SSSR count). The fourth-order valence-corrected chi connectivity index (χ4v) is 2.14. The third kappa shape index (κ3) is 3.07. The van der Waals surface area contributed by atoms with E-state index in [4.69, 9.17) is 16.3 Å². The largest absolute Gasteiger partial charge is 0.291 e. The standard InChI is InChI=1S/C13H19N5/c1-3-5-6-9(4-2)13-17-11(12(16)18-13)10(7-14)8-15/h9-10,13H,3-6H2,1-2H3,(H2,16,18)/p+1/t9-,13-/m1/s1. The van der Waals surface area contributed by atoms with Gasteiger partial charge in [0.15, 0.2) is 17.8 Å². The van der Waals surface area contributed by atoms with Gasteiger partial charge >= 0.3 is 0 Å². The highest BCUT2D eigenvalue weighted by molar-refractivity contribution is 6.41. The lowest BCUT2D eigenvalue weighted by molar-refractivity contribution is -0.507. The number of hydrogen-bond donors (Lipinski definition) is 2. The molecule has 0 spiro atoms. The Morgan fingerprint density at radius 3 is 2.56 bits per heavy atom. The van der Waals surface area contributed by atoms with Gasteiger partial charge in [0.25, 0.3) is 5.84 Å². The van der Waals surface area contributed by atoms with Crippen LogP contribution in [-0.4, -0.2) is 17.7 Å². The van der Waals surface area contributed by atoms with Crippen LogP contribution in [0.5, 0.6) is 0 Å². The second kappa shape index (κ2) is 6.76. The maximum absolute atomic E-state index is 8.88. The zero-order valence-corrected chi connectivity index (χ0v) is 11.0. The van der Waals surface area contributed by atoms with Crippen LogP contribution in [0.25, 0.3) is 0 Å². The van der Waals surface area contributed by atoms with Gasteiger partial charge in [0.05, 0.1) is 12.1 Å². The van der Waals surface area contributed by atoms with Crippen molar-refractivity contribution in [3.05, 3.63) is 0 Å². The lowest BCUT2D eigenvalue weighted by Crippen LogP contribution is -2.80. The summed E-state index contributed by atoms with van der Waals surface area (Å²) in [6, 6.07) is 3.82. The molecular formula is C13H20N5+. The summed E-state index contributed by atoms with van der Waals surface area (Å²) in [5.41, 5.74) is 6.22. The van der Waals surface area contributed by atoms with Gasteiger partial charge in [-0.05, 0) is 12.8 Å². The molecule has 0 fully saturated rings. The van der Waals surface area contributed by atoms with Crippen LogP contribution in [-0.2, 0) is 0 Å². The molecule has 0 aromatic heterocycles. The van der Waals surface area contributed by atoms with Gasteiger partial charge in [-0.3, -0.25) is 10.7 Å². The molecule has 3 N–H and O–H groups in total. The van der Waals surface area contributed by atoms with Crippen LogP contribution in [0.1, 0.15) is 39.5 Å². The summed E-state index contributed by atoms with van der Waals surface area (Å²) in [6.07, 6.45) is 4.31. The van der Waals surface area contributed by atoms with E-state index in [2.05, 4.69) is 23.8 Å². The molecule has 0 aromatic rings. The van der Waals surface area contributed by atoms with Crippen molar-refractivity contribution >= 4 is 11.5 Å². The first-order valence-corrected chi connectivity index (χ1v) is 6.44. The zero-order chi connectivity index (χ0) is 13.5. The normalized spacial score (nSPS) is 19.9. The molecule has 0 bridgehead atoms. The van der Waals surface area contributed by atoms with Crippen LogP contribution < -0.4 is 10.7 Å². The van der Waals surface area contributed by atoms with Gasteiger partial charge in [-0.15, -0.1) is 0 Å². The van der Waals surface area contributed by atoms with Gasteiger partial charge in [0.2, 0.25) is 0 Å². The van der Waals surface area contributed by atoms with Crippen LogP contribution in [0.3, 0.4) is 0 Å². The minimum atomic E-state index is -0.869. The van der Waals surface area contributed by atoms with Gasteiger partial charge in [-0.2, -0.15) is 10.5 Å². The monoisotopic (exact) mass is 246 g/mol. The van der Waals surface area contributed by atoms with E-state index in [1.54, 1.807) is 0 Å². The van der Waals surface area contributed by atoms with Gasteiger partial charge in [-0.25, -0.2) is 4.99 Å². The van der Waals surface area contributed by atoms with E-state index in [0.29, 0.717) is 17.5 Å². The average molecular weight is 246 g/mol. The Hall–Kier alpha value is -1.88. The highest BCUT2D eigenvalue weighted by Gasteiger charge is 2.33. The smallest absolute Gasteiger partial charge is 0.286 e. The molecule has 0 saturated carbocycles. The van der Waals surface area contributed by atoms with Gasteiger partial charge < -0.3 is 0 Å². The summed E-state index contributed by atoms with van der Waals surface area (Å²) >= 11 is 0. The highest BCUT2D eigenvalue weighted by Crippen LogP contribution is 2.17. The van der Waals surface area contributed by atoms with Crippen molar-refractivity contribution in [2.75, 3.05) is 0 Å². The van der Waals surface area contributed by atoms with Crippen LogP contribution in [0, 0.1) is 34.5 Å². The number of amidine groups is 1. The van der Waals surface area contributed by atoms with Crippen molar-refractivity contribution in [2.24, 2.45) is 22.6 Å². The summed E-state index contributed by atoms with van der Waals surface area (Å²) in [5, 5.41) is 17.8. The molecule has 0 amide bonds. The predicted molar refractivity (Wildman–Crippen MR) is 69.4 cm³/mol. The fraction of sp³-hybridized carbons (Fsp3) is 0.692. The van der Waals surface area contributed by atoms with Gasteiger partial charge in [-0.1, -0.05) is 26.7 Å². The van der Waals surface area contributed by atoms with Crippen molar-refractivity contribution in [1.82, 2.24) is 0 Å². The van der Waals surface area contributed by atoms with Crippen LogP contribution in [0.15, 0.2) is 4.99 Å². The third-order valence-corrected chi connectivity index (χ3v) is 3.29. The van der Waals surface area contributed by atoms with Gasteiger partial charge in [0.1, 0.15) is 0 Å². The van der Waals surface area contributed by atoms with E-state index >= 15 is 0 Å². The Morgan fingerprint density at radius 2 is 2.06 bits per heavy atom. The molecule has 0 aliphatic carbocycles. The van der Waals surface area contributed by atoms with Crippen molar-refractivity contribution in [2.45, 2.75) is 45.7 Å². The fourth-order valence-electron chi connectivity index (χ4n) is 2.14. The van der Waals surface area contributed by atoms with Crippen molar-refractivity contribution in [1.29, 1.82) is 10.5 Å². The molecule has 0 unspecified atom stereocenters. The topological polar surface area (TPSA) is 99.9 Å². The molecule has 5 nitrogen and oxygen atoms in total. The summed E-state index contributed by atoms with van der Waals surface area (Å²) in [5.74, 6) is -0.0896. The third-order valence-electron chi connectivity index (χ3n) is 3.29. The van der Waals surface area contributed by atoms with Crippen LogP contribution >= 0.6 is 0 Å². The summed E-state index contributed by atoms with van der Waals surface area (Å²) in [6.45, 7) is 4.28. The molecule has 2 atom stereocenters. The maximum atomic E-state index is 8.88. The Kier molecular flexibility index (Phi) is 5.32. The van der Waals surface area contributed by atoms with Crippen molar-refractivity contribution < 1.29 is 4.99 Å². The SMILES string of the molecule is CCCC[C@@H](CC)[C@@H]1N=C(C(C#N)C#N)C(N)=[NH+]1. The van der Waals surface area contributed by atoms with Crippen molar-refractivity contribution in [3.8, 4) is 12.1 Å². The van der Waals surface area contributed by atoms with E-state index in [1.807, 2.05) is 12.1 Å². The molecule has 5 heteroatoms. The Labute approximate surface area is 108 Å². The molecular weight excluding hydrogens is 226 g/mol. The number of rotatable bonds is 6. The molecule has 0 aromatic carbocycles. The Bertz CT molecular complexity index is 410. The maximum Gasteiger partial charge on any atom is 0.291 e. The highest BCUT2D eigenvalue weighted by atomic mass is 15.1. The van der Waals surface area contributed by atoms with E-state index in [0.717, 1.165) is 25.7 Å². The summed E-state index contributed by atoms with van der Waals surface area (Å²) in [7, 11) is 0. The number of nitriles is 2. The molecule has 1 aliphatic heterocycles. The Balaban J connectivity index is 2.83. The van der Waals surface area contributed by atoms with Crippen LogP contribution in [0.2, 0.25) is 0 Å². The summed E-state index contributed by atoms with van der Waals surface area (Å²) in [4.78, 5) is 7.54. The number of hydrogen-bond acceptors (Lipinski definition) is 4. The molecule has 0 radical (unpaired) electrons. The molecule has 1 aliphatic rings. The minimum absolute atomic E-state index is 0.0826. The van der Waals surface area contributed by atoms with Crippen molar-refractivity contribution in [3.63, 3.8) is 0 Å². The van der Waals surface area contributed by atoms with Gasteiger partial charge in [0, 0.05) is 5.92 Å². The lowest BCUT2D eigenvalue weighted by Gasteiger charge is -2.15. The van der Waals surface area contributed by atoms with E-state index < -0.39 is 5.92 Å². The summed E-state index contributed by atoms with van der Waals surface area (Å²) < 4.78 is 0. The second-order valence-electron chi connectivity index (χ2n) is 4.52. The minimum Gasteiger partial charge on any atom is -0.286 e. The average Bonchev–Trinajstić information content (AvgIpc) is 2.74. The quantitative estimate of drug-likeness (QED) is 0.694. The zero-order valence-electron chi connectivity index (χ0n) is 11.0. The number of nitrogens with one attached hydrogen (secondary N) is 1. The predicted octanol–water partition coefficient (Wildman–Crippen LogP) is 0.0847. The number of aliphatic imine (C=N–C) groups is 1. The second-order valence-corrected chi connectivity index (χ2v) is 4.52. The first-order valence-electron chi connectivity index (χ1n) is 6.44. The molecule has 18 heavy (non-hydrogen) atoms. The van der Waals surface area contributed by atoms with E-state index in [1.165, 1.54) is 0 Å². The lowest BCUT2D eigenvalue weighted by atomic mass is 9.96. The number of nitrogens with two attached hydrogens (primary N) is 1. The molecule has 0 saturated heterocycles. The molecule has 1 heterocycles.